The van der Waals surface area contributed by atoms with Crippen LogP contribution in [0, 0.1) is 0 Å². The van der Waals surface area contributed by atoms with Gasteiger partial charge in [-0.05, 0) is 44.0 Å². The maximum absolute atomic E-state index is 12.4. The molecule has 0 bridgehead atoms. The van der Waals surface area contributed by atoms with Gasteiger partial charge in [0.05, 0.1) is 5.60 Å². The zero-order valence-corrected chi connectivity index (χ0v) is 15.6. The number of aliphatic hydroxyl groups is 1. The average Bonchev–Trinajstić information content (AvgIpc) is 3.18. The molecule has 6 heteroatoms. The van der Waals surface area contributed by atoms with E-state index in [1.54, 1.807) is 44.7 Å². The van der Waals surface area contributed by atoms with Crippen LogP contribution in [-0.2, 0) is 12.0 Å². The lowest BCUT2D eigenvalue weighted by molar-refractivity contribution is 0.0782. The first-order chi connectivity index (χ1) is 12.9. The molecular formula is C21H24N4O2. The monoisotopic (exact) mass is 364 g/mol. The minimum atomic E-state index is -0.966. The van der Waals surface area contributed by atoms with Gasteiger partial charge in [-0.1, -0.05) is 12.1 Å². The van der Waals surface area contributed by atoms with Crippen LogP contribution in [0.15, 0.2) is 55.1 Å². The molecule has 6 nitrogen and oxygen atoms in total. The van der Waals surface area contributed by atoms with Gasteiger partial charge in [-0.2, -0.15) is 0 Å². The van der Waals surface area contributed by atoms with E-state index in [4.69, 9.17) is 0 Å². The van der Waals surface area contributed by atoms with E-state index in [0.717, 1.165) is 35.4 Å². The van der Waals surface area contributed by atoms with Crippen LogP contribution >= 0.6 is 0 Å². The maximum Gasteiger partial charge on any atom is 0.251 e. The number of nitrogens with one attached hydrogen (secondary N) is 2. The third-order valence-electron chi connectivity index (χ3n) is 4.33. The Morgan fingerprint density at radius 2 is 2.07 bits per heavy atom. The highest BCUT2D eigenvalue weighted by atomic mass is 16.3. The summed E-state index contributed by atoms with van der Waals surface area (Å²) in [6.07, 6.45) is 8.51. The molecule has 3 rings (SSSR count). The van der Waals surface area contributed by atoms with E-state index in [9.17, 15) is 9.90 Å². The number of carbonyl (C=O) groups excluding carboxylic acids is 1. The molecule has 0 aliphatic rings. The Morgan fingerprint density at radius 3 is 2.81 bits per heavy atom. The van der Waals surface area contributed by atoms with Crippen molar-refractivity contribution < 1.29 is 9.90 Å². The highest BCUT2D eigenvalue weighted by Crippen LogP contribution is 2.25. The van der Waals surface area contributed by atoms with E-state index in [1.807, 2.05) is 24.3 Å². The summed E-state index contributed by atoms with van der Waals surface area (Å²) in [5.74, 6) is 0.813. The summed E-state index contributed by atoms with van der Waals surface area (Å²) >= 11 is 0. The Hall–Kier alpha value is -2.99. The second-order valence-electron chi connectivity index (χ2n) is 7.00. The lowest BCUT2D eigenvalue weighted by Crippen LogP contribution is -2.24. The van der Waals surface area contributed by atoms with Crippen molar-refractivity contribution in [2.45, 2.75) is 32.3 Å². The van der Waals surface area contributed by atoms with Crippen LogP contribution in [0.25, 0.3) is 11.1 Å². The summed E-state index contributed by atoms with van der Waals surface area (Å²) in [6.45, 7) is 4.03. The number of carbonyl (C=O) groups is 1. The second-order valence-corrected chi connectivity index (χ2v) is 7.00. The molecule has 0 radical (unpaired) electrons. The molecule has 0 aliphatic carbocycles. The predicted molar refractivity (Wildman–Crippen MR) is 104 cm³/mol. The summed E-state index contributed by atoms with van der Waals surface area (Å²) in [7, 11) is 0. The van der Waals surface area contributed by atoms with Gasteiger partial charge in [0, 0.05) is 54.4 Å². The first-order valence-electron chi connectivity index (χ1n) is 8.98. The van der Waals surface area contributed by atoms with Gasteiger partial charge < -0.3 is 15.4 Å². The Bertz CT molecular complexity index is 899. The van der Waals surface area contributed by atoms with E-state index in [1.165, 1.54) is 0 Å². The van der Waals surface area contributed by atoms with Gasteiger partial charge in [0.2, 0.25) is 0 Å². The van der Waals surface area contributed by atoms with Crippen molar-refractivity contribution in [3.8, 4) is 11.1 Å². The van der Waals surface area contributed by atoms with Crippen molar-refractivity contribution in [2.24, 2.45) is 0 Å². The van der Waals surface area contributed by atoms with Gasteiger partial charge >= 0.3 is 0 Å². The van der Waals surface area contributed by atoms with Crippen LogP contribution in [-0.4, -0.2) is 32.5 Å². The van der Waals surface area contributed by atoms with Gasteiger partial charge in [0.15, 0.2) is 0 Å². The molecule has 27 heavy (non-hydrogen) atoms. The quantitative estimate of drug-likeness (QED) is 0.562. The summed E-state index contributed by atoms with van der Waals surface area (Å²) in [5, 5.41) is 13.1. The number of benzene rings is 1. The smallest absolute Gasteiger partial charge is 0.251 e. The fraction of sp³-hybridized carbons (Fsp3) is 0.286. The predicted octanol–water partition coefficient (Wildman–Crippen LogP) is 3.06. The number of imidazole rings is 1. The number of nitrogens with zero attached hydrogens (tertiary/aromatic N) is 2. The van der Waals surface area contributed by atoms with Crippen molar-refractivity contribution >= 4 is 5.91 Å². The van der Waals surface area contributed by atoms with E-state index >= 15 is 0 Å². The fourth-order valence-electron chi connectivity index (χ4n) is 2.77. The largest absolute Gasteiger partial charge is 0.386 e. The number of amides is 1. The summed E-state index contributed by atoms with van der Waals surface area (Å²) in [4.78, 5) is 23.9. The lowest BCUT2D eigenvalue weighted by Gasteiger charge is -2.18. The minimum Gasteiger partial charge on any atom is -0.386 e. The van der Waals surface area contributed by atoms with Crippen molar-refractivity contribution in [1.29, 1.82) is 0 Å². The van der Waals surface area contributed by atoms with E-state index in [-0.39, 0.29) is 5.91 Å². The number of hydrogen-bond donors (Lipinski definition) is 3. The topological polar surface area (TPSA) is 90.9 Å². The van der Waals surface area contributed by atoms with Gasteiger partial charge in [-0.15, -0.1) is 0 Å². The number of H-pyrrole nitrogens is 1. The third kappa shape index (κ3) is 5.01. The Balaban J connectivity index is 1.65. The van der Waals surface area contributed by atoms with Crippen LogP contribution in [0.3, 0.4) is 0 Å². The van der Waals surface area contributed by atoms with Crippen LogP contribution in [0.2, 0.25) is 0 Å². The molecule has 0 atom stereocenters. The third-order valence-corrected chi connectivity index (χ3v) is 4.33. The molecule has 0 saturated carbocycles. The first-order valence-corrected chi connectivity index (χ1v) is 8.98. The minimum absolute atomic E-state index is 0.108. The molecule has 2 aromatic heterocycles. The fourth-order valence-corrected chi connectivity index (χ4v) is 2.77. The molecule has 0 spiro atoms. The molecule has 0 aliphatic heterocycles. The molecule has 3 N–H and O–H groups in total. The van der Waals surface area contributed by atoms with Crippen molar-refractivity contribution in [3.05, 3.63) is 72.1 Å². The summed E-state index contributed by atoms with van der Waals surface area (Å²) in [5.41, 5.74) is 2.11. The number of aromatic amines is 1. The van der Waals surface area contributed by atoms with Crippen LogP contribution < -0.4 is 5.32 Å². The summed E-state index contributed by atoms with van der Waals surface area (Å²) < 4.78 is 0. The molecule has 3 aromatic rings. The normalized spacial score (nSPS) is 11.4. The van der Waals surface area contributed by atoms with Crippen molar-refractivity contribution in [1.82, 2.24) is 20.3 Å². The maximum atomic E-state index is 12.4. The molecule has 2 heterocycles. The van der Waals surface area contributed by atoms with Gasteiger partial charge in [-0.3, -0.25) is 9.78 Å². The second kappa shape index (κ2) is 8.14. The van der Waals surface area contributed by atoms with Crippen LogP contribution in [0.5, 0.6) is 0 Å². The van der Waals surface area contributed by atoms with E-state index < -0.39 is 5.60 Å². The number of hydrogen-bond acceptors (Lipinski definition) is 4. The first kappa shape index (κ1) is 18.8. The lowest BCUT2D eigenvalue weighted by atomic mass is 9.96. The van der Waals surface area contributed by atoms with Gasteiger partial charge in [-0.25, -0.2) is 4.98 Å². The Morgan fingerprint density at radius 1 is 1.22 bits per heavy atom. The zero-order valence-electron chi connectivity index (χ0n) is 15.6. The SMILES string of the molecule is CC(C)(O)c1cncc(-c2cccc(C(=O)NCCCc3ncc[nH]3)c2)c1. The zero-order chi connectivity index (χ0) is 19.3. The van der Waals surface area contributed by atoms with E-state index in [2.05, 4.69) is 20.3 Å². The number of aryl methyl sites for hydroxylation is 1. The highest BCUT2D eigenvalue weighted by Gasteiger charge is 2.17. The standard InChI is InChI=1S/C21H24N4O2/c1-21(2,27)18-12-17(13-22-14-18)15-5-3-6-16(11-15)20(26)25-8-4-7-19-23-9-10-24-19/h3,5-6,9-14,27H,4,7-8H2,1-2H3,(H,23,24)(H,25,26). The molecule has 0 unspecified atom stereocenters. The Labute approximate surface area is 158 Å². The van der Waals surface area contributed by atoms with Gasteiger partial charge in [0.25, 0.3) is 5.91 Å². The summed E-state index contributed by atoms with van der Waals surface area (Å²) in [6, 6.07) is 9.31. The number of pyridine rings is 1. The molecule has 0 saturated heterocycles. The number of aromatic nitrogens is 3. The van der Waals surface area contributed by atoms with Crippen LogP contribution in [0.1, 0.15) is 42.0 Å². The van der Waals surface area contributed by atoms with Crippen molar-refractivity contribution in [2.75, 3.05) is 6.54 Å². The molecule has 1 amide bonds. The molecular weight excluding hydrogens is 340 g/mol. The molecule has 1 aromatic carbocycles. The van der Waals surface area contributed by atoms with Gasteiger partial charge in [0.1, 0.15) is 5.82 Å². The average molecular weight is 364 g/mol. The Kier molecular flexibility index (Phi) is 5.66. The molecule has 140 valence electrons. The van der Waals surface area contributed by atoms with E-state index in [0.29, 0.717) is 12.1 Å². The van der Waals surface area contributed by atoms with Crippen molar-refractivity contribution in [3.63, 3.8) is 0 Å². The molecule has 0 fully saturated rings. The van der Waals surface area contributed by atoms with Crippen LogP contribution in [0.4, 0.5) is 0 Å². The number of rotatable bonds is 7. The highest BCUT2D eigenvalue weighted by molar-refractivity contribution is 5.95.